The van der Waals surface area contributed by atoms with E-state index in [1.165, 1.54) is 0 Å². The summed E-state index contributed by atoms with van der Waals surface area (Å²) in [5, 5.41) is 12.2. The van der Waals surface area contributed by atoms with E-state index in [0.29, 0.717) is 18.2 Å². The molecule has 2 amide bonds. The van der Waals surface area contributed by atoms with E-state index < -0.39 is 12.0 Å². The van der Waals surface area contributed by atoms with Gasteiger partial charge in [-0.15, -0.1) is 11.8 Å². The summed E-state index contributed by atoms with van der Waals surface area (Å²) in [5.74, 6) is 0.0946. The quantitative estimate of drug-likeness (QED) is 0.692. The molecule has 2 aliphatic rings. The van der Waals surface area contributed by atoms with Gasteiger partial charge in [-0.2, -0.15) is 0 Å². The van der Waals surface area contributed by atoms with Crippen LogP contribution in [0.5, 0.6) is 0 Å². The van der Waals surface area contributed by atoms with Gasteiger partial charge in [0.15, 0.2) is 0 Å². The third-order valence-corrected chi connectivity index (χ3v) is 5.35. The number of nitrogens with zero attached hydrogens (tertiary/aromatic N) is 2. The Bertz CT molecular complexity index is 388. The third kappa shape index (κ3) is 4.51. The first kappa shape index (κ1) is 16.4. The smallest absolute Gasteiger partial charge is 0.327 e. The number of aliphatic carboxylic acids is 1. The van der Waals surface area contributed by atoms with Gasteiger partial charge in [-0.1, -0.05) is 0 Å². The van der Waals surface area contributed by atoms with Gasteiger partial charge in [-0.3, -0.25) is 4.90 Å². The minimum atomic E-state index is -0.895. The Hall–Kier alpha value is -0.950. The molecular formula is C14H25N3O3S. The highest BCUT2D eigenvalue weighted by Gasteiger charge is 2.47. The minimum absolute atomic E-state index is 0.0490. The largest absolute Gasteiger partial charge is 0.480 e. The number of amides is 2. The second-order valence-corrected chi connectivity index (χ2v) is 7.21. The number of carboxylic acid groups (broad SMARTS) is 1. The molecule has 0 bridgehead atoms. The highest BCUT2D eigenvalue weighted by atomic mass is 32.2. The van der Waals surface area contributed by atoms with Gasteiger partial charge in [0.05, 0.1) is 5.37 Å². The molecule has 6 nitrogen and oxygen atoms in total. The van der Waals surface area contributed by atoms with Gasteiger partial charge in [-0.05, 0) is 52.2 Å². The number of hydrogen-bond donors (Lipinski definition) is 2. The lowest BCUT2D eigenvalue weighted by atomic mass is 10.2. The van der Waals surface area contributed by atoms with Crippen molar-refractivity contribution in [1.29, 1.82) is 0 Å². The number of carbonyl (C=O) groups is 2. The number of urea groups is 1. The van der Waals surface area contributed by atoms with Gasteiger partial charge in [0.1, 0.15) is 6.04 Å². The number of hydrogen-bond acceptors (Lipinski definition) is 4. The molecule has 0 aromatic rings. The summed E-state index contributed by atoms with van der Waals surface area (Å²) in [7, 11) is 4.05. The van der Waals surface area contributed by atoms with Crippen molar-refractivity contribution in [1.82, 2.24) is 15.1 Å². The van der Waals surface area contributed by atoms with Crippen LogP contribution in [0.4, 0.5) is 4.79 Å². The molecule has 21 heavy (non-hydrogen) atoms. The molecule has 2 N–H and O–H groups in total. The summed E-state index contributed by atoms with van der Waals surface area (Å²) < 4.78 is 0. The Labute approximate surface area is 130 Å². The number of carboxylic acids is 1. The number of thioether (sulfide) groups is 1. The van der Waals surface area contributed by atoms with E-state index in [2.05, 4.69) is 10.2 Å². The molecule has 0 radical (unpaired) electrons. The van der Waals surface area contributed by atoms with Crippen LogP contribution < -0.4 is 5.32 Å². The maximum Gasteiger partial charge on any atom is 0.327 e. The fourth-order valence-electron chi connectivity index (χ4n) is 2.56. The van der Waals surface area contributed by atoms with Gasteiger partial charge >= 0.3 is 12.0 Å². The van der Waals surface area contributed by atoms with Crippen molar-refractivity contribution in [3.8, 4) is 0 Å². The molecule has 0 spiro atoms. The van der Waals surface area contributed by atoms with Crippen LogP contribution in [0.3, 0.4) is 0 Å². The lowest BCUT2D eigenvalue weighted by Crippen LogP contribution is -2.50. The van der Waals surface area contributed by atoms with Crippen molar-refractivity contribution in [3.05, 3.63) is 0 Å². The molecule has 1 aliphatic heterocycles. The number of nitrogens with one attached hydrogen (secondary N) is 1. The molecule has 1 saturated heterocycles. The van der Waals surface area contributed by atoms with E-state index in [4.69, 9.17) is 0 Å². The SMILES string of the molecule is CN(C)CCCCNC(=O)N1C(C(=O)O)CSC1C1CC1. The molecule has 0 aromatic carbocycles. The zero-order valence-electron chi connectivity index (χ0n) is 12.7. The third-order valence-electron chi connectivity index (χ3n) is 3.89. The van der Waals surface area contributed by atoms with Gasteiger partial charge in [0, 0.05) is 12.3 Å². The topological polar surface area (TPSA) is 72.9 Å². The first-order chi connectivity index (χ1) is 10.0. The van der Waals surface area contributed by atoms with Crippen molar-refractivity contribution in [2.45, 2.75) is 37.1 Å². The number of unbranched alkanes of at least 4 members (excludes halogenated alkanes) is 1. The Morgan fingerprint density at radius 3 is 2.62 bits per heavy atom. The van der Waals surface area contributed by atoms with Gasteiger partial charge in [-0.25, -0.2) is 9.59 Å². The zero-order chi connectivity index (χ0) is 15.4. The van der Waals surface area contributed by atoms with Crippen molar-refractivity contribution in [2.75, 3.05) is 32.9 Å². The Balaban J connectivity index is 1.81. The van der Waals surface area contributed by atoms with E-state index in [9.17, 15) is 14.7 Å². The van der Waals surface area contributed by atoms with E-state index >= 15 is 0 Å². The molecule has 0 aromatic heterocycles. The summed E-state index contributed by atoms with van der Waals surface area (Å²) in [6.07, 6.45) is 4.15. The molecule has 120 valence electrons. The van der Waals surface area contributed by atoms with Crippen LogP contribution in [0.1, 0.15) is 25.7 Å². The first-order valence-electron chi connectivity index (χ1n) is 7.56. The summed E-state index contributed by atoms with van der Waals surface area (Å²) >= 11 is 1.61. The van der Waals surface area contributed by atoms with Gasteiger partial charge < -0.3 is 15.3 Å². The Morgan fingerprint density at radius 2 is 2.05 bits per heavy atom. The van der Waals surface area contributed by atoms with E-state index in [0.717, 1.165) is 32.2 Å². The lowest BCUT2D eigenvalue weighted by molar-refractivity contribution is -0.141. The lowest BCUT2D eigenvalue weighted by Gasteiger charge is -2.27. The van der Waals surface area contributed by atoms with Crippen LogP contribution in [0, 0.1) is 5.92 Å². The molecule has 2 fully saturated rings. The molecule has 2 unspecified atom stereocenters. The van der Waals surface area contributed by atoms with Crippen LogP contribution in [0.15, 0.2) is 0 Å². The van der Waals surface area contributed by atoms with Gasteiger partial charge in [0.25, 0.3) is 0 Å². The molecular weight excluding hydrogens is 290 g/mol. The predicted molar refractivity (Wildman–Crippen MR) is 83.4 cm³/mol. The second-order valence-electron chi connectivity index (χ2n) is 6.06. The molecule has 2 atom stereocenters. The van der Waals surface area contributed by atoms with Gasteiger partial charge in [0.2, 0.25) is 0 Å². The van der Waals surface area contributed by atoms with Crippen molar-refractivity contribution >= 4 is 23.8 Å². The van der Waals surface area contributed by atoms with Crippen molar-refractivity contribution in [2.24, 2.45) is 5.92 Å². The number of rotatable bonds is 7. The maximum atomic E-state index is 12.3. The molecule has 1 aliphatic carbocycles. The molecule has 1 saturated carbocycles. The molecule has 1 heterocycles. The molecule has 2 rings (SSSR count). The van der Waals surface area contributed by atoms with Crippen LogP contribution in [0.25, 0.3) is 0 Å². The standard InChI is InChI=1S/C14H25N3O3S/c1-16(2)8-4-3-7-15-14(20)17-11(13(18)19)9-21-12(17)10-5-6-10/h10-12H,3-9H2,1-2H3,(H,15,20)(H,18,19). The predicted octanol–water partition coefficient (Wildman–Crippen LogP) is 1.28. The fraction of sp³-hybridized carbons (Fsp3) is 0.857. The first-order valence-corrected chi connectivity index (χ1v) is 8.61. The Morgan fingerprint density at radius 1 is 1.33 bits per heavy atom. The van der Waals surface area contributed by atoms with Crippen LogP contribution in [0.2, 0.25) is 0 Å². The normalized spacial score (nSPS) is 25.4. The minimum Gasteiger partial charge on any atom is -0.480 e. The summed E-state index contributed by atoms with van der Waals surface area (Å²) in [4.78, 5) is 27.3. The van der Waals surface area contributed by atoms with Crippen molar-refractivity contribution < 1.29 is 14.7 Å². The van der Waals surface area contributed by atoms with Crippen molar-refractivity contribution in [3.63, 3.8) is 0 Å². The zero-order valence-corrected chi connectivity index (χ0v) is 13.6. The summed E-state index contributed by atoms with van der Waals surface area (Å²) in [6.45, 7) is 1.61. The summed E-state index contributed by atoms with van der Waals surface area (Å²) in [6, 6.07) is -0.892. The monoisotopic (exact) mass is 315 g/mol. The van der Waals surface area contributed by atoms with E-state index in [1.54, 1.807) is 16.7 Å². The maximum absolute atomic E-state index is 12.3. The van der Waals surface area contributed by atoms with Crippen LogP contribution >= 0.6 is 11.8 Å². The highest BCUT2D eigenvalue weighted by molar-refractivity contribution is 8.00. The Kier molecular flexibility index (Phi) is 5.75. The fourth-order valence-corrected chi connectivity index (χ4v) is 4.19. The van der Waals surface area contributed by atoms with E-state index in [1.807, 2.05) is 14.1 Å². The van der Waals surface area contributed by atoms with E-state index in [-0.39, 0.29) is 11.4 Å². The van der Waals surface area contributed by atoms with Crippen LogP contribution in [-0.2, 0) is 4.79 Å². The average molecular weight is 315 g/mol. The highest BCUT2D eigenvalue weighted by Crippen LogP contribution is 2.45. The number of carbonyl (C=O) groups excluding carboxylic acids is 1. The van der Waals surface area contributed by atoms with Crippen LogP contribution in [-0.4, -0.2) is 71.3 Å². The average Bonchev–Trinajstić information content (AvgIpc) is 3.15. The summed E-state index contributed by atoms with van der Waals surface area (Å²) in [5.41, 5.74) is 0. The second kappa shape index (κ2) is 7.35. The molecule has 7 heteroatoms.